The van der Waals surface area contributed by atoms with Gasteiger partial charge < -0.3 is 4.98 Å². The molecule has 0 amide bonds. The zero-order valence-corrected chi connectivity index (χ0v) is 13.4. The highest BCUT2D eigenvalue weighted by atomic mass is 19.1. The molecule has 1 aromatic carbocycles. The smallest absolute Gasteiger partial charge is 0.332 e. The third-order valence-electron chi connectivity index (χ3n) is 3.79. The van der Waals surface area contributed by atoms with E-state index in [-0.39, 0.29) is 22.6 Å². The molecule has 3 rings (SSSR count). The van der Waals surface area contributed by atoms with E-state index in [4.69, 9.17) is 0 Å². The topological polar surface area (TPSA) is 72.7 Å². The first-order valence-electron chi connectivity index (χ1n) is 7.72. The van der Waals surface area contributed by atoms with Crippen LogP contribution in [0, 0.1) is 5.82 Å². The van der Waals surface area contributed by atoms with E-state index in [1.807, 2.05) is 6.92 Å². The summed E-state index contributed by atoms with van der Waals surface area (Å²) in [6.45, 7) is 4.27. The molecular weight excluding hydrogens is 311 g/mol. The first-order chi connectivity index (χ1) is 11.5. The van der Waals surface area contributed by atoms with E-state index in [0.29, 0.717) is 30.1 Å². The summed E-state index contributed by atoms with van der Waals surface area (Å²) >= 11 is 0. The van der Waals surface area contributed by atoms with Gasteiger partial charge in [-0.1, -0.05) is 18.2 Å². The van der Waals surface area contributed by atoms with Crippen molar-refractivity contribution >= 4 is 23.3 Å². The third kappa shape index (κ3) is 2.68. The van der Waals surface area contributed by atoms with Crippen molar-refractivity contribution in [1.29, 1.82) is 0 Å². The second-order valence-corrected chi connectivity index (χ2v) is 5.29. The Morgan fingerprint density at radius 2 is 1.92 bits per heavy atom. The van der Waals surface area contributed by atoms with Gasteiger partial charge in [0.25, 0.3) is 5.56 Å². The Labute approximate surface area is 136 Å². The Kier molecular flexibility index (Phi) is 4.16. The van der Waals surface area contributed by atoms with Crippen LogP contribution in [-0.2, 0) is 13.1 Å². The van der Waals surface area contributed by atoms with Crippen LogP contribution in [0.1, 0.15) is 25.2 Å². The number of nitrogens with zero attached hydrogens (tertiary/aromatic N) is 3. The average molecular weight is 328 g/mol. The van der Waals surface area contributed by atoms with Crippen LogP contribution in [0.2, 0.25) is 0 Å². The average Bonchev–Trinajstić information content (AvgIpc) is 2.98. The number of fused-ring (bicyclic) bond motifs is 1. The lowest BCUT2D eigenvalue weighted by Crippen LogP contribution is -2.39. The largest absolute Gasteiger partial charge is 0.333 e. The molecule has 0 saturated heterocycles. The van der Waals surface area contributed by atoms with Crippen molar-refractivity contribution in [3.05, 3.63) is 62.3 Å². The minimum absolute atomic E-state index is 0.289. The predicted octanol–water partition coefficient (Wildman–Crippen LogP) is 2.24. The Morgan fingerprint density at radius 3 is 2.58 bits per heavy atom. The number of rotatable bonds is 4. The molecule has 0 unspecified atom stereocenters. The number of benzene rings is 1. The van der Waals surface area contributed by atoms with E-state index in [2.05, 4.69) is 9.97 Å². The molecular formula is C17H17FN4O2. The Hall–Kier alpha value is -2.96. The highest BCUT2D eigenvalue weighted by Crippen LogP contribution is 2.11. The molecule has 124 valence electrons. The monoisotopic (exact) mass is 328 g/mol. The van der Waals surface area contributed by atoms with Gasteiger partial charge in [0.2, 0.25) is 0 Å². The summed E-state index contributed by atoms with van der Waals surface area (Å²) in [5.74, 6) is 0.106. The van der Waals surface area contributed by atoms with Gasteiger partial charge in [0.05, 0.1) is 0 Å². The number of aryl methyl sites for hydroxylation is 1. The maximum atomic E-state index is 13.2. The molecule has 0 atom stereocenters. The van der Waals surface area contributed by atoms with E-state index in [1.54, 1.807) is 31.2 Å². The Bertz CT molecular complexity index is 1040. The number of aromatic amines is 1. The number of nitrogens with one attached hydrogen (secondary N) is 1. The number of H-pyrrole nitrogens is 1. The summed E-state index contributed by atoms with van der Waals surface area (Å²) in [4.78, 5) is 32.0. The van der Waals surface area contributed by atoms with Crippen LogP contribution in [0.25, 0.3) is 23.3 Å². The molecule has 2 aromatic heterocycles. The van der Waals surface area contributed by atoms with E-state index in [0.717, 1.165) is 0 Å². The van der Waals surface area contributed by atoms with Gasteiger partial charge in [0.1, 0.15) is 17.2 Å². The van der Waals surface area contributed by atoms with Crippen LogP contribution in [0.3, 0.4) is 0 Å². The normalized spacial score (nSPS) is 11.6. The maximum absolute atomic E-state index is 13.2. The SMILES string of the molecule is CCn1c(=O)c2[nH]c(/C=C/c3cccc(F)c3)nc2n(CC)c1=O. The molecule has 0 saturated carbocycles. The number of hydrogen-bond acceptors (Lipinski definition) is 3. The quantitative estimate of drug-likeness (QED) is 0.798. The van der Waals surface area contributed by atoms with Crippen molar-refractivity contribution in [3.8, 4) is 0 Å². The van der Waals surface area contributed by atoms with Crippen molar-refractivity contribution in [2.45, 2.75) is 26.9 Å². The molecule has 7 heteroatoms. The van der Waals surface area contributed by atoms with Gasteiger partial charge in [-0.25, -0.2) is 14.2 Å². The third-order valence-corrected chi connectivity index (χ3v) is 3.79. The molecule has 0 aliphatic rings. The van der Waals surface area contributed by atoms with Gasteiger partial charge in [0, 0.05) is 13.1 Å². The predicted molar refractivity (Wildman–Crippen MR) is 91.3 cm³/mol. The minimum Gasteiger partial charge on any atom is -0.333 e. The van der Waals surface area contributed by atoms with Crippen LogP contribution in [0.15, 0.2) is 33.9 Å². The molecule has 2 heterocycles. The maximum Gasteiger partial charge on any atom is 0.332 e. The lowest BCUT2D eigenvalue weighted by molar-refractivity contribution is 0.605. The van der Waals surface area contributed by atoms with Crippen molar-refractivity contribution in [1.82, 2.24) is 19.1 Å². The minimum atomic E-state index is -0.389. The van der Waals surface area contributed by atoms with E-state index in [9.17, 15) is 14.0 Å². The zero-order valence-electron chi connectivity index (χ0n) is 13.4. The second-order valence-electron chi connectivity index (χ2n) is 5.29. The first kappa shape index (κ1) is 15.9. The van der Waals surface area contributed by atoms with Crippen molar-refractivity contribution in [2.24, 2.45) is 0 Å². The number of hydrogen-bond donors (Lipinski definition) is 1. The first-order valence-corrected chi connectivity index (χ1v) is 7.72. The Balaban J connectivity index is 2.13. The molecule has 6 nitrogen and oxygen atoms in total. The van der Waals surface area contributed by atoms with Crippen molar-refractivity contribution in [3.63, 3.8) is 0 Å². The van der Waals surface area contributed by atoms with Crippen LogP contribution in [0.5, 0.6) is 0 Å². The van der Waals surface area contributed by atoms with E-state index < -0.39 is 0 Å². The number of aromatic nitrogens is 4. The molecule has 0 bridgehead atoms. The highest BCUT2D eigenvalue weighted by molar-refractivity contribution is 5.75. The lowest BCUT2D eigenvalue weighted by Gasteiger charge is -2.06. The van der Waals surface area contributed by atoms with Gasteiger partial charge in [-0.05, 0) is 37.6 Å². The molecule has 24 heavy (non-hydrogen) atoms. The summed E-state index contributed by atoms with van der Waals surface area (Å²) < 4.78 is 15.8. The zero-order chi connectivity index (χ0) is 17.3. The van der Waals surface area contributed by atoms with Crippen molar-refractivity contribution < 1.29 is 4.39 Å². The Morgan fingerprint density at radius 1 is 1.17 bits per heavy atom. The fraction of sp³-hybridized carbons (Fsp3) is 0.235. The summed E-state index contributed by atoms with van der Waals surface area (Å²) in [5, 5.41) is 0. The summed E-state index contributed by atoms with van der Waals surface area (Å²) in [6.07, 6.45) is 3.34. The molecule has 0 aliphatic carbocycles. The van der Waals surface area contributed by atoms with Gasteiger partial charge in [-0.2, -0.15) is 0 Å². The van der Waals surface area contributed by atoms with Gasteiger partial charge in [-0.3, -0.25) is 13.9 Å². The molecule has 3 aromatic rings. The van der Waals surface area contributed by atoms with Crippen LogP contribution >= 0.6 is 0 Å². The molecule has 0 spiro atoms. The van der Waals surface area contributed by atoms with E-state index in [1.165, 1.54) is 21.3 Å². The summed E-state index contributed by atoms with van der Waals surface area (Å²) in [6, 6.07) is 6.13. The summed E-state index contributed by atoms with van der Waals surface area (Å²) in [5.41, 5.74) is 0.535. The van der Waals surface area contributed by atoms with Crippen molar-refractivity contribution in [2.75, 3.05) is 0 Å². The molecule has 1 N–H and O–H groups in total. The molecule has 0 radical (unpaired) electrons. The second kappa shape index (κ2) is 6.27. The van der Waals surface area contributed by atoms with E-state index >= 15 is 0 Å². The van der Waals surface area contributed by atoms with Crippen LogP contribution in [-0.4, -0.2) is 19.1 Å². The fourth-order valence-corrected chi connectivity index (χ4v) is 2.61. The molecule has 0 aliphatic heterocycles. The fourth-order valence-electron chi connectivity index (χ4n) is 2.61. The number of halogens is 1. The summed E-state index contributed by atoms with van der Waals surface area (Å²) in [7, 11) is 0. The molecule has 0 fully saturated rings. The lowest BCUT2D eigenvalue weighted by atomic mass is 10.2. The van der Waals surface area contributed by atoms with Gasteiger partial charge >= 0.3 is 5.69 Å². The van der Waals surface area contributed by atoms with Crippen LogP contribution in [0.4, 0.5) is 4.39 Å². The van der Waals surface area contributed by atoms with Gasteiger partial charge in [0.15, 0.2) is 5.65 Å². The standard InChI is InChI=1S/C17H17FN4O2/c1-3-21-15-14(16(23)22(4-2)17(21)24)19-13(20-15)9-8-11-6-5-7-12(18)10-11/h5-10H,3-4H2,1-2H3,(H,19,20)/b9-8+. The highest BCUT2D eigenvalue weighted by Gasteiger charge is 2.14. The van der Waals surface area contributed by atoms with Crippen LogP contribution < -0.4 is 11.2 Å². The number of imidazole rings is 1. The van der Waals surface area contributed by atoms with Gasteiger partial charge in [-0.15, -0.1) is 0 Å².